The molecule has 2 aromatic heterocycles. The molecule has 4 aromatic rings. The maximum absolute atomic E-state index is 14.6. The third-order valence-electron chi connectivity index (χ3n) is 5.64. The van der Waals surface area contributed by atoms with Crippen LogP contribution in [0.1, 0.15) is 28.4 Å². The van der Waals surface area contributed by atoms with Gasteiger partial charge in [-0.1, -0.05) is 6.07 Å². The Kier molecular flexibility index (Phi) is 6.59. The highest BCUT2D eigenvalue weighted by Crippen LogP contribution is 2.31. The molecule has 0 radical (unpaired) electrons. The standard InChI is InChI=1S/C23H19F5N6O2/c1-14(22(36,11-33-13-29-12-31-33)19-7-4-17(24)8-20(19)25)32-21(35)15-9-30-34(10-15)18-5-2-16(3-6-18)23(26,27)28/h2-10,12-14,36H,11H2,1H3,(H,32,35). The van der Waals surface area contributed by atoms with Crippen molar-refractivity contribution in [3.63, 3.8) is 0 Å². The number of halogens is 5. The van der Waals surface area contributed by atoms with Crippen molar-refractivity contribution in [2.75, 3.05) is 0 Å². The number of carbonyl (C=O) groups excluding carboxylic acids is 1. The van der Waals surface area contributed by atoms with Gasteiger partial charge < -0.3 is 10.4 Å². The number of nitrogens with zero attached hydrogens (tertiary/aromatic N) is 5. The lowest BCUT2D eigenvalue weighted by molar-refractivity contribution is -0.137. The molecular weight excluding hydrogens is 487 g/mol. The maximum Gasteiger partial charge on any atom is 0.416 e. The third-order valence-corrected chi connectivity index (χ3v) is 5.64. The number of benzene rings is 2. The van der Waals surface area contributed by atoms with Crippen LogP contribution in [0, 0.1) is 11.6 Å². The summed E-state index contributed by atoms with van der Waals surface area (Å²) in [5.74, 6) is -2.55. The number of hydrogen-bond donors (Lipinski definition) is 2. The molecule has 0 spiro atoms. The number of amides is 1. The van der Waals surface area contributed by atoms with Gasteiger partial charge in [-0.3, -0.25) is 4.79 Å². The van der Waals surface area contributed by atoms with E-state index in [2.05, 4.69) is 20.5 Å². The van der Waals surface area contributed by atoms with Gasteiger partial charge in [0.2, 0.25) is 0 Å². The summed E-state index contributed by atoms with van der Waals surface area (Å²) in [5.41, 5.74) is -2.85. The molecule has 2 unspecified atom stereocenters. The quantitative estimate of drug-likeness (QED) is 0.374. The fourth-order valence-electron chi connectivity index (χ4n) is 3.64. The average molecular weight is 506 g/mol. The molecule has 1 amide bonds. The second-order valence-corrected chi connectivity index (χ2v) is 8.05. The Morgan fingerprint density at radius 1 is 1.11 bits per heavy atom. The highest BCUT2D eigenvalue weighted by Gasteiger charge is 2.40. The van der Waals surface area contributed by atoms with Gasteiger partial charge in [-0.15, -0.1) is 0 Å². The van der Waals surface area contributed by atoms with Crippen molar-refractivity contribution in [2.45, 2.75) is 31.3 Å². The zero-order valence-corrected chi connectivity index (χ0v) is 18.6. The Labute approximate surface area is 201 Å². The van der Waals surface area contributed by atoms with Crippen LogP contribution in [0.4, 0.5) is 22.0 Å². The van der Waals surface area contributed by atoms with Crippen molar-refractivity contribution < 1.29 is 31.9 Å². The Balaban J connectivity index is 1.57. The lowest BCUT2D eigenvalue weighted by atomic mass is 9.86. The molecule has 0 fully saturated rings. The largest absolute Gasteiger partial charge is 0.416 e. The summed E-state index contributed by atoms with van der Waals surface area (Å²) >= 11 is 0. The van der Waals surface area contributed by atoms with E-state index in [1.807, 2.05) is 0 Å². The number of aliphatic hydroxyl groups is 1. The fourth-order valence-corrected chi connectivity index (χ4v) is 3.64. The Morgan fingerprint density at radius 3 is 2.44 bits per heavy atom. The van der Waals surface area contributed by atoms with Crippen LogP contribution in [0.3, 0.4) is 0 Å². The fraction of sp³-hybridized carbons (Fsp3) is 0.217. The molecule has 8 nitrogen and oxygen atoms in total. The van der Waals surface area contributed by atoms with Crippen molar-refractivity contribution >= 4 is 5.91 Å². The van der Waals surface area contributed by atoms with Gasteiger partial charge in [-0.25, -0.2) is 23.1 Å². The molecule has 4 rings (SSSR count). The topological polar surface area (TPSA) is 97.9 Å². The monoisotopic (exact) mass is 506 g/mol. The SMILES string of the molecule is CC(NC(=O)c1cnn(-c2ccc(C(F)(F)F)cc2)c1)C(O)(Cn1cncn1)c1ccc(F)cc1F. The average Bonchev–Trinajstić information content (AvgIpc) is 3.51. The lowest BCUT2D eigenvalue weighted by Gasteiger charge is -2.35. The molecule has 2 heterocycles. The molecule has 0 aliphatic carbocycles. The first-order valence-corrected chi connectivity index (χ1v) is 10.5. The van der Waals surface area contributed by atoms with Crippen LogP contribution >= 0.6 is 0 Å². The van der Waals surface area contributed by atoms with Crippen molar-refractivity contribution in [3.8, 4) is 5.69 Å². The number of carbonyl (C=O) groups is 1. The van der Waals surface area contributed by atoms with Crippen LogP contribution < -0.4 is 5.32 Å². The summed E-state index contributed by atoms with van der Waals surface area (Å²) in [6.07, 6.45) is 0.487. The highest BCUT2D eigenvalue weighted by molar-refractivity contribution is 5.94. The van der Waals surface area contributed by atoms with E-state index in [4.69, 9.17) is 0 Å². The summed E-state index contributed by atoms with van der Waals surface area (Å²) in [4.78, 5) is 16.7. The second-order valence-electron chi connectivity index (χ2n) is 8.05. The van der Waals surface area contributed by atoms with Crippen LogP contribution in [0.25, 0.3) is 5.69 Å². The second kappa shape index (κ2) is 9.49. The lowest BCUT2D eigenvalue weighted by Crippen LogP contribution is -2.51. The van der Waals surface area contributed by atoms with E-state index < -0.39 is 40.9 Å². The van der Waals surface area contributed by atoms with Gasteiger partial charge in [0.15, 0.2) is 0 Å². The number of rotatable bonds is 7. The molecule has 2 atom stereocenters. The van der Waals surface area contributed by atoms with Crippen LogP contribution in [0.2, 0.25) is 0 Å². The number of alkyl halides is 3. The third kappa shape index (κ3) is 5.10. The maximum atomic E-state index is 14.6. The molecule has 13 heteroatoms. The van der Waals surface area contributed by atoms with Gasteiger partial charge in [-0.05, 0) is 37.3 Å². The first-order valence-electron chi connectivity index (χ1n) is 10.5. The molecule has 0 saturated heterocycles. The zero-order valence-electron chi connectivity index (χ0n) is 18.6. The predicted molar refractivity (Wildman–Crippen MR) is 116 cm³/mol. The van der Waals surface area contributed by atoms with Crippen molar-refractivity contribution in [2.24, 2.45) is 0 Å². The minimum absolute atomic E-state index is 0.0319. The molecular formula is C23H19F5N6O2. The molecule has 36 heavy (non-hydrogen) atoms. The zero-order chi connectivity index (χ0) is 26.1. The van der Waals surface area contributed by atoms with Gasteiger partial charge in [-0.2, -0.15) is 23.4 Å². The van der Waals surface area contributed by atoms with Crippen LogP contribution in [0.15, 0.2) is 67.5 Å². The van der Waals surface area contributed by atoms with Crippen LogP contribution in [0.5, 0.6) is 0 Å². The Morgan fingerprint density at radius 2 is 1.83 bits per heavy atom. The van der Waals surface area contributed by atoms with Crippen molar-refractivity contribution in [1.29, 1.82) is 0 Å². The Hall–Kier alpha value is -4.13. The van der Waals surface area contributed by atoms with Gasteiger partial charge in [0.1, 0.15) is 29.9 Å². The smallest absolute Gasteiger partial charge is 0.381 e. The number of hydrogen-bond acceptors (Lipinski definition) is 5. The number of nitrogens with one attached hydrogen (secondary N) is 1. The minimum Gasteiger partial charge on any atom is -0.381 e. The van der Waals surface area contributed by atoms with E-state index in [1.54, 1.807) is 0 Å². The number of aromatic nitrogens is 5. The molecule has 0 bridgehead atoms. The van der Waals surface area contributed by atoms with Gasteiger partial charge in [0.05, 0.1) is 35.6 Å². The summed E-state index contributed by atoms with van der Waals surface area (Å²) in [5, 5.41) is 22.0. The van der Waals surface area contributed by atoms with E-state index in [-0.39, 0.29) is 23.4 Å². The minimum atomic E-state index is -4.49. The van der Waals surface area contributed by atoms with Gasteiger partial charge >= 0.3 is 6.18 Å². The molecule has 0 aliphatic rings. The first-order chi connectivity index (χ1) is 17.0. The van der Waals surface area contributed by atoms with Crippen molar-refractivity contribution in [3.05, 3.63) is 95.8 Å². The molecule has 0 aliphatic heterocycles. The van der Waals surface area contributed by atoms with E-state index in [9.17, 15) is 31.9 Å². The van der Waals surface area contributed by atoms with Gasteiger partial charge in [0, 0.05) is 17.8 Å². The molecule has 188 valence electrons. The van der Waals surface area contributed by atoms with Crippen LogP contribution in [-0.2, 0) is 18.3 Å². The molecule has 2 N–H and O–H groups in total. The Bertz CT molecular complexity index is 1350. The van der Waals surface area contributed by atoms with E-state index in [0.29, 0.717) is 6.07 Å². The first kappa shape index (κ1) is 25.0. The molecule has 2 aromatic carbocycles. The van der Waals surface area contributed by atoms with Crippen molar-refractivity contribution in [1.82, 2.24) is 29.9 Å². The summed E-state index contributed by atoms with van der Waals surface area (Å²) in [7, 11) is 0. The predicted octanol–water partition coefficient (Wildman–Crippen LogP) is 3.47. The highest BCUT2D eigenvalue weighted by atomic mass is 19.4. The van der Waals surface area contributed by atoms with Crippen LogP contribution in [-0.4, -0.2) is 41.6 Å². The van der Waals surface area contributed by atoms with E-state index >= 15 is 0 Å². The summed E-state index contributed by atoms with van der Waals surface area (Å²) in [6.45, 7) is 1.11. The van der Waals surface area contributed by atoms with E-state index in [0.717, 1.165) is 24.3 Å². The summed E-state index contributed by atoms with van der Waals surface area (Å²) < 4.78 is 68.9. The van der Waals surface area contributed by atoms with E-state index in [1.165, 1.54) is 53.5 Å². The van der Waals surface area contributed by atoms with Gasteiger partial charge in [0.25, 0.3) is 5.91 Å². The summed E-state index contributed by atoms with van der Waals surface area (Å²) in [6, 6.07) is 5.73. The normalized spacial score (nSPS) is 14.3. The molecule has 0 saturated carbocycles.